The Morgan fingerprint density at radius 1 is 0.553 bits per heavy atom. The zero-order valence-electron chi connectivity index (χ0n) is 27.0. The molecule has 0 spiro atoms. The van der Waals surface area contributed by atoms with E-state index < -0.39 is 0 Å². The van der Waals surface area contributed by atoms with E-state index in [4.69, 9.17) is 4.74 Å². The Kier molecular flexibility index (Phi) is 27.2. The van der Waals surface area contributed by atoms with Crippen LogP contribution in [-0.4, -0.2) is 12.6 Å². The number of allylic oxidation sites excluding steroid dienone is 2. The van der Waals surface area contributed by atoms with E-state index in [0.717, 1.165) is 24.7 Å². The highest BCUT2D eigenvalue weighted by molar-refractivity contribution is 5.71. The van der Waals surface area contributed by atoms with Gasteiger partial charge in [-0.2, -0.15) is 0 Å². The molecule has 0 heterocycles. The van der Waals surface area contributed by atoms with Gasteiger partial charge in [-0.25, -0.2) is 0 Å². The fourth-order valence-corrected chi connectivity index (χ4v) is 5.97. The minimum atomic E-state index is 0.0145. The molecule has 0 saturated heterocycles. The van der Waals surface area contributed by atoms with Crippen LogP contribution in [0.1, 0.15) is 183 Å². The van der Waals surface area contributed by atoms with Crippen LogP contribution in [0.4, 0.5) is 0 Å². The Labute approximate surface area is 240 Å². The summed E-state index contributed by atoms with van der Waals surface area (Å²) in [4.78, 5) is 12.4. The summed E-state index contributed by atoms with van der Waals surface area (Å²) in [6.45, 7) is 14.4. The minimum absolute atomic E-state index is 0.0145. The highest BCUT2D eigenvalue weighted by atomic mass is 16.5. The highest BCUT2D eigenvalue weighted by Gasteiger charge is 2.20. The molecule has 0 rings (SSSR count). The molecule has 0 saturated carbocycles. The lowest BCUT2D eigenvalue weighted by Gasteiger charge is -2.22. The third kappa shape index (κ3) is 25.5. The minimum Gasteiger partial charge on any atom is -0.465 e. The van der Waals surface area contributed by atoms with Gasteiger partial charge in [0, 0.05) is 0 Å². The van der Waals surface area contributed by atoms with Gasteiger partial charge in [0.05, 0.1) is 12.5 Å². The topological polar surface area (TPSA) is 26.3 Å². The smallest absolute Gasteiger partial charge is 0.308 e. The molecule has 0 radical (unpaired) electrons. The third-order valence-corrected chi connectivity index (χ3v) is 8.22. The molecule has 2 nitrogen and oxygen atoms in total. The van der Waals surface area contributed by atoms with Crippen LogP contribution in [0.5, 0.6) is 0 Å². The maximum absolute atomic E-state index is 12.4. The van der Waals surface area contributed by atoms with Crippen LogP contribution in [0.2, 0.25) is 0 Å². The van der Waals surface area contributed by atoms with Gasteiger partial charge in [0.2, 0.25) is 0 Å². The van der Waals surface area contributed by atoms with Crippen LogP contribution >= 0.6 is 0 Å². The van der Waals surface area contributed by atoms with E-state index in [1.54, 1.807) is 0 Å². The Morgan fingerprint density at radius 2 is 1.00 bits per heavy atom. The van der Waals surface area contributed by atoms with Crippen molar-refractivity contribution >= 4 is 5.97 Å². The first-order valence-electron chi connectivity index (χ1n) is 17.2. The van der Waals surface area contributed by atoms with Crippen LogP contribution < -0.4 is 0 Å². The summed E-state index contributed by atoms with van der Waals surface area (Å²) >= 11 is 0. The Hall–Kier alpha value is -0.790. The average Bonchev–Trinajstić information content (AvgIpc) is 2.87. The van der Waals surface area contributed by atoms with Crippen LogP contribution in [0.15, 0.2) is 12.2 Å². The van der Waals surface area contributed by atoms with Gasteiger partial charge in [0.25, 0.3) is 0 Å². The summed E-state index contributed by atoms with van der Waals surface area (Å²) < 4.78 is 5.56. The number of hydrogen-bond acceptors (Lipinski definition) is 2. The molecule has 38 heavy (non-hydrogen) atoms. The summed E-state index contributed by atoms with van der Waals surface area (Å²) in [6.07, 6.45) is 33.5. The maximum atomic E-state index is 12.4. The Bertz CT molecular complexity index is 525. The first-order valence-corrected chi connectivity index (χ1v) is 17.2. The van der Waals surface area contributed by atoms with Gasteiger partial charge in [-0.3, -0.25) is 4.79 Å². The summed E-state index contributed by atoms with van der Waals surface area (Å²) in [5.41, 5.74) is 0. The zero-order chi connectivity index (χ0) is 28.3. The van der Waals surface area contributed by atoms with E-state index in [1.807, 2.05) is 0 Å². The van der Waals surface area contributed by atoms with Gasteiger partial charge >= 0.3 is 5.97 Å². The molecule has 0 amide bonds. The van der Waals surface area contributed by atoms with Crippen molar-refractivity contribution in [3.05, 3.63) is 12.2 Å². The molecule has 0 fully saturated rings. The van der Waals surface area contributed by atoms with Crippen molar-refractivity contribution in [1.82, 2.24) is 0 Å². The number of unbranched alkanes of at least 4 members (excludes halogenated alkanes) is 15. The Morgan fingerprint density at radius 3 is 1.61 bits per heavy atom. The summed E-state index contributed by atoms with van der Waals surface area (Å²) in [5.74, 6) is 2.19. The molecule has 0 aromatic rings. The summed E-state index contributed by atoms with van der Waals surface area (Å²) in [7, 11) is 0. The van der Waals surface area contributed by atoms with Gasteiger partial charge < -0.3 is 4.74 Å². The molecule has 0 aliphatic rings. The first kappa shape index (κ1) is 37.2. The molecule has 0 aliphatic carbocycles. The van der Waals surface area contributed by atoms with Gasteiger partial charge in [-0.1, -0.05) is 144 Å². The summed E-state index contributed by atoms with van der Waals surface area (Å²) in [5, 5.41) is 0. The van der Waals surface area contributed by atoms with Gasteiger partial charge in [-0.15, -0.1) is 0 Å². The van der Waals surface area contributed by atoms with E-state index >= 15 is 0 Å². The molecular formula is C36H70O2. The zero-order valence-corrected chi connectivity index (χ0v) is 27.0. The molecule has 226 valence electrons. The lowest BCUT2D eigenvalue weighted by atomic mass is 9.84. The number of rotatable bonds is 28. The molecule has 0 bridgehead atoms. The molecular weight excluding hydrogens is 464 g/mol. The van der Waals surface area contributed by atoms with Gasteiger partial charge in [-0.05, 0) is 69.1 Å². The van der Waals surface area contributed by atoms with Crippen molar-refractivity contribution in [1.29, 1.82) is 0 Å². The van der Waals surface area contributed by atoms with Gasteiger partial charge in [0.15, 0.2) is 0 Å². The van der Waals surface area contributed by atoms with Crippen LogP contribution in [0, 0.1) is 23.7 Å². The number of ether oxygens (including phenoxy) is 1. The molecule has 4 atom stereocenters. The highest BCUT2D eigenvalue weighted by Crippen LogP contribution is 2.27. The van der Waals surface area contributed by atoms with Crippen molar-refractivity contribution in [3.63, 3.8) is 0 Å². The fourth-order valence-electron chi connectivity index (χ4n) is 5.97. The van der Waals surface area contributed by atoms with E-state index in [0.29, 0.717) is 12.5 Å². The van der Waals surface area contributed by atoms with Crippen LogP contribution in [0.3, 0.4) is 0 Å². The summed E-state index contributed by atoms with van der Waals surface area (Å²) in [6, 6.07) is 0. The second kappa shape index (κ2) is 27.8. The first-order chi connectivity index (χ1) is 18.4. The normalized spacial score (nSPS) is 15.0. The van der Waals surface area contributed by atoms with Crippen LogP contribution in [-0.2, 0) is 9.53 Å². The SMILES string of the molecule is CCCCCC/C=C\CCCCCCCCC(C)CC(C)CC(C)CC(C)C(=O)OCCCCCCCC. The largest absolute Gasteiger partial charge is 0.465 e. The van der Waals surface area contributed by atoms with Crippen molar-refractivity contribution in [3.8, 4) is 0 Å². The lowest BCUT2D eigenvalue weighted by molar-refractivity contribution is -0.148. The number of carbonyl (C=O) groups excluding carboxylic acids is 1. The van der Waals surface area contributed by atoms with Gasteiger partial charge in [0.1, 0.15) is 0 Å². The number of esters is 1. The molecule has 4 unspecified atom stereocenters. The van der Waals surface area contributed by atoms with Crippen molar-refractivity contribution in [2.45, 2.75) is 183 Å². The molecule has 0 aromatic heterocycles. The predicted molar refractivity (Wildman–Crippen MR) is 170 cm³/mol. The fraction of sp³-hybridized carbons (Fsp3) is 0.917. The molecule has 2 heteroatoms. The van der Waals surface area contributed by atoms with E-state index in [9.17, 15) is 4.79 Å². The molecule has 0 aliphatic heterocycles. The lowest BCUT2D eigenvalue weighted by Crippen LogP contribution is -2.19. The quantitative estimate of drug-likeness (QED) is 0.0566. The standard InChI is InChI=1S/C36H70O2/c1-7-9-11-13-15-16-17-18-19-20-21-22-23-25-27-32(3)29-33(4)30-34(5)31-35(6)36(37)38-28-26-24-14-12-10-8-2/h16-17,32-35H,7-15,18-31H2,1-6H3/b17-16-. The van der Waals surface area contributed by atoms with E-state index in [2.05, 4.69) is 53.7 Å². The number of hydrogen-bond donors (Lipinski definition) is 0. The van der Waals surface area contributed by atoms with E-state index in [-0.39, 0.29) is 11.9 Å². The maximum Gasteiger partial charge on any atom is 0.308 e. The molecule has 0 aromatic carbocycles. The number of carbonyl (C=O) groups is 1. The predicted octanol–water partition coefficient (Wildman–Crippen LogP) is 12.3. The second-order valence-electron chi connectivity index (χ2n) is 12.9. The van der Waals surface area contributed by atoms with Crippen molar-refractivity contribution in [2.75, 3.05) is 6.61 Å². The van der Waals surface area contributed by atoms with Crippen LogP contribution in [0.25, 0.3) is 0 Å². The second-order valence-corrected chi connectivity index (χ2v) is 12.9. The van der Waals surface area contributed by atoms with E-state index in [1.165, 1.54) is 128 Å². The molecule has 0 N–H and O–H groups in total. The Balaban J connectivity index is 3.69. The van der Waals surface area contributed by atoms with Crippen molar-refractivity contribution < 1.29 is 9.53 Å². The monoisotopic (exact) mass is 535 g/mol. The third-order valence-electron chi connectivity index (χ3n) is 8.22. The van der Waals surface area contributed by atoms with Crippen molar-refractivity contribution in [2.24, 2.45) is 23.7 Å². The average molecular weight is 535 g/mol.